The molecular formula is C12H17N3OS. The van der Waals surface area contributed by atoms with Crippen LogP contribution in [0.5, 0.6) is 0 Å². The van der Waals surface area contributed by atoms with Gasteiger partial charge in [-0.3, -0.25) is 0 Å². The average molecular weight is 251 g/mol. The van der Waals surface area contributed by atoms with E-state index in [1.807, 2.05) is 12.1 Å². The Labute approximate surface area is 107 Å². The molecule has 0 aliphatic carbocycles. The predicted molar refractivity (Wildman–Crippen MR) is 72.2 cm³/mol. The van der Waals surface area contributed by atoms with E-state index in [2.05, 4.69) is 10.3 Å². The largest absolute Gasteiger partial charge is 0.389 e. The summed E-state index contributed by atoms with van der Waals surface area (Å²) in [5, 5.41) is 3.29. The molecule has 2 heterocycles. The number of aromatic nitrogens is 1. The summed E-state index contributed by atoms with van der Waals surface area (Å²) in [4.78, 5) is 4.64. The van der Waals surface area contributed by atoms with Gasteiger partial charge in [0.25, 0.3) is 0 Å². The summed E-state index contributed by atoms with van der Waals surface area (Å²) in [5.74, 6) is 1.56. The third kappa shape index (κ3) is 3.64. The Bertz CT molecular complexity index is 374. The Morgan fingerprint density at radius 2 is 2.47 bits per heavy atom. The highest BCUT2D eigenvalue weighted by molar-refractivity contribution is 7.80. The van der Waals surface area contributed by atoms with E-state index in [1.165, 1.54) is 6.42 Å². The first-order chi connectivity index (χ1) is 8.25. The summed E-state index contributed by atoms with van der Waals surface area (Å²) in [6, 6.07) is 3.79. The topological polar surface area (TPSA) is 60.2 Å². The van der Waals surface area contributed by atoms with Crippen molar-refractivity contribution in [3.05, 3.63) is 23.9 Å². The molecule has 2 rings (SSSR count). The van der Waals surface area contributed by atoms with Crippen molar-refractivity contribution in [2.45, 2.75) is 12.8 Å². The van der Waals surface area contributed by atoms with E-state index >= 15 is 0 Å². The van der Waals surface area contributed by atoms with Gasteiger partial charge in [0, 0.05) is 31.5 Å². The molecule has 1 saturated heterocycles. The van der Waals surface area contributed by atoms with Crippen molar-refractivity contribution >= 4 is 23.0 Å². The SMILES string of the molecule is NC(=S)c1ccc(NCCC2CCOC2)nc1. The van der Waals surface area contributed by atoms with Crippen molar-refractivity contribution in [1.29, 1.82) is 0 Å². The zero-order valence-corrected chi connectivity index (χ0v) is 10.5. The summed E-state index contributed by atoms with van der Waals surface area (Å²) in [6.07, 6.45) is 4.00. The van der Waals surface area contributed by atoms with E-state index in [1.54, 1.807) is 6.20 Å². The van der Waals surface area contributed by atoms with Gasteiger partial charge in [-0.2, -0.15) is 0 Å². The fourth-order valence-corrected chi connectivity index (χ4v) is 1.98. The van der Waals surface area contributed by atoms with Gasteiger partial charge in [-0.1, -0.05) is 12.2 Å². The van der Waals surface area contributed by atoms with Gasteiger partial charge in [0.1, 0.15) is 10.8 Å². The van der Waals surface area contributed by atoms with Crippen LogP contribution in [0.2, 0.25) is 0 Å². The maximum absolute atomic E-state index is 5.50. The van der Waals surface area contributed by atoms with Gasteiger partial charge < -0.3 is 15.8 Å². The van der Waals surface area contributed by atoms with Crippen LogP contribution in [0.25, 0.3) is 0 Å². The molecular weight excluding hydrogens is 234 g/mol. The van der Waals surface area contributed by atoms with Crippen LogP contribution in [0, 0.1) is 5.92 Å². The molecule has 0 aromatic carbocycles. The minimum atomic E-state index is 0.382. The second-order valence-corrected chi connectivity index (χ2v) is 4.68. The lowest BCUT2D eigenvalue weighted by Gasteiger charge is -2.09. The number of hydrogen-bond acceptors (Lipinski definition) is 4. The van der Waals surface area contributed by atoms with Crippen LogP contribution >= 0.6 is 12.2 Å². The van der Waals surface area contributed by atoms with Crippen molar-refractivity contribution in [1.82, 2.24) is 4.98 Å². The fourth-order valence-electron chi connectivity index (χ4n) is 1.86. The third-order valence-electron chi connectivity index (χ3n) is 2.93. The molecule has 3 N–H and O–H groups in total. The molecule has 1 atom stereocenters. The molecule has 1 aliphatic heterocycles. The molecule has 1 aromatic heterocycles. The maximum atomic E-state index is 5.50. The van der Waals surface area contributed by atoms with Crippen LogP contribution in [0.4, 0.5) is 5.82 Å². The lowest BCUT2D eigenvalue weighted by molar-refractivity contribution is 0.185. The third-order valence-corrected chi connectivity index (χ3v) is 3.17. The number of nitrogens with zero attached hydrogens (tertiary/aromatic N) is 1. The highest BCUT2D eigenvalue weighted by Crippen LogP contribution is 2.16. The van der Waals surface area contributed by atoms with Gasteiger partial charge in [-0.05, 0) is 30.9 Å². The van der Waals surface area contributed by atoms with Crippen LogP contribution in [-0.2, 0) is 4.74 Å². The standard InChI is InChI=1S/C12H17N3OS/c13-12(17)10-1-2-11(15-7-10)14-5-3-9-4-6-16-8-9/h1-2,7,9H,3-6,8H2,(H2,13,17)(H,14,15). The Balaban J connectivity index is 1.76. The van der Waals surface area contributed by atoms with E-state index in [0.29, 0.717) is 10.9 Å². The number of hydrogen-bond donors (Lipinski definition) is 2. The van der Waals surface area contributed by atoms with Crippen molar-refractivity contribution in [2.24, 2.45) is 11.7 Å². The summed E-state index contributed by atoms with van der Waals surface area (Å²) in [5.41, 5.74) is 6.30. The second-order valence-electron chi connectivity index (χ2n) is 4.24. The molecule has 0 radical (unpaired) electrons. The summed E-state index contributed by atoms with van der Waals surface area (Å²) in [6.45, 7) is 2.73. The van der Waals surface area contributed by atoms with Gasteiger partial charge in [-0.15, -0.1) is 0 Å². The molecule has 0 saturated carbocycles. The lowest BCUT2D eigenvalue weighted by Crippen LogP contribution is -2.12. The molecule has 0 spiro atoms. The maximum Gasteiger partial charge on any atom is 0.125 e. The molecule has 92 valence electrons. The molecule has 17 heavy (non-hydrogen) atoms. The van der Waals surface area contributed by atoms with Crippen LogP contribution in [0.3, 0.4) is 0 Å². The first-order valence-corrected chi connectivity index (χ1v) is 6.24. The molecule has 5 heteroatoms. The van der Waals surface area contributed by atoms with Crippen molar-refractivity contribution < 1.29 is 4.74 Å². The van der Waals surface area contributed by atoms with E-state index in [9.17, 15) is 0 Å². The number of anilines is 1. The predicted octanol–water partition coefficient (Wildman–Crippen LogP) is 1.55. The molecule has 1 fully saturated rings. The fraction of sp³-hybridized carbons (Fsp3) is 0.500. The van der Waals surface area contributed by atoms with E-state index in [-0.39, 0.29) is 0 Å². The Morgan fingerprint density at radius 3 is 3.06 bits per heavy atom. The molecule has 4 nitrogen and oxygen atoms in total. The van der Waals surface area contributed by atoms with Crippen LogP contribution < -0.4 is 11.1 Å². The van der Waals surface area contributed by atoms with Gasteiger partial charge >= 0.3 is 0 Å². The Kier molecular flexibility index (Phi) is 4.28. The number of ether oxygens (including phenoxy) is 1. The second kappa shape index (κ2) is 5.93. The van der Waals surface area contributed by atoms with Gasteiger partial charge in [-0.25, -0.2) is 4.98 Å². The van der Waals surface area contributed by atoms with Crippen LogP contribution in [0.1, 0.15) is 18.4 Å². The van der Waals surface area contributed by atoms with Crippen molar-refractivity contribution in [3.63, 3.8) is 0 Å². The Hall–Kier alpha value is -1.20. The van der Waals surface area contributed by atoms with Crippen LogP contribution in [-0.4, -0.2) is 29.7 Å². The normalized spacial score (nSPS) is 19.2. The molecule has 0 amide bonds. The highest BCUT2D eigenvalue weighted by atomic mass is 32.1. The number of pyridine rings is 1. The summed E-state index contributed by atoms with van der Waals surface area (Å²) < 4.78 is 5.33. The minimum absolute atomic E-state index is 0.382. The molecule has 1 aromatic rings. The summed E-state index contributed by atoms with van der Waals surface area (Å²) in [7, 11) is 0. The number of thiocarbonyl (C=S) groups is 1. The minimum Gasteiger partial charge on any atom is -0.389 e. The Morgan fingerprint density at radius 1 is 1.59 bits per heavy atom. The number of nitrogens with one attached hydrogen (secondary N) is 1. The quantitative estimate of drug-likeness (QED) is 0.778. The smallest absolute Gasteiger partial charge is 0.125 e. The van der Waals surface area contributed by atoms with Crippen LogP contribution in [0.15, 0.2) is 18.3 Å². The average Bonchev–Trinajstić information content (AvgIpc) is 2.83. The first-order valence-electron chi connectivity index (χ1n) is 5.83. The zero-order valence-electron chi connectivity index (χ0n) is 9.69. The monoisotopic (exact) mass is 251 g/mol. The summed E-state index contributed by atoms with van der Waals surface area (Å²) >= 11 is 4.87. The van der Waals surface area contributed by atoms with E-state index in [0.717, 1.165) is 37.6 Å². The van der Waals surface area contributed by atoms with E-state index < -0.39 is 0 Å². The van der Waals surface area contributed by atoms with Crippen molar-refractivity contribution in [2.75, 3.05) is 25.1 Å². The lowest BCUT2D eigenvalue weighted by atomic mass is 10.1. The number of nitrogens with two attached hydrogens (primary N) is 1. The van der Waals surface area contributed by atoms with Gasteiger partial charge in [0.2, 0.25) is 0 Å². The van der Waals surface area contributed by atoms with Gasteiger partial charge in [0.15, 0.2) is 0 Å². The van der Waals surface area contributed by atoms with E-state index in [4.69, 9.17) is 22.7 Å². The van der Waals surface area contributed by atoms with Crippen molar-refractivity contribution in [3.8, 4) is 0 Å². The highest BCUT2D eigenvalue weighted by Gasteiger charge is 2.14. The van der Waals surface area contributed by atoms with Gasteiger partial charge in [0.05, 0.1) is 0 Å². The molecule has 0 bridgehead atoms. The first kappa shape index (κ1) is 12.3. The zero-order chi connectivity index (χ0) is 12.1. The number of rotatable bonds is 5. The molecule has 1 unspecified atom stereocenters. The molecule has 1 aliphatic rings.